The van der Waals surface area contributed by atoms with Crippen molar-refractivity contribution in [2.24, 2.45) is 0 Å². The zero-order chi connectivity index (χ0) is 46.4. The molecular formula is C49H87NO12S. The van der Waals surface area contributed by atoms with E-state index in [0.717, 1.165) is 77.0 Å². The largest absolute Gasteiger partial charge is 0.397 e. The van der Waals surface area contributed by atoms with Crippen molar-refractivity contribution in [3.63, 3.8) is 0 Å². The molecule has 0 saturated carbocycles. The Bertz CT molecular complexity index is 1370. The summed E-state index contributed by atoms with van der Waals surface area (Å²) in [6.07, 6.45) is 37.2. The van der Waals surface area contributed by atoms with Gasteiger partial charge in [0.25, 0.3) is 0 Å². The molecule has 0 spiro atoms. The second kappa shape index (κ2) is 39.0. The maximum Gasteiger partial charge on any atom is 0.397 e. The number of aliphatic hydroxyl groups is 5. The predicted molar refractivity (Wildman–Crippen MR) is 251 cm³/mol. The smallest absolute Gasteiger partial charge is 0.394 e. The summed E-state index contributed by atoms with van der Waals surface area (Å²) in [5.41, 5.74) is 0. The Morgan fingerprint density at radius 2 is 1.11 bits per heavy atom. The number of carbonyl (C=O) groups excluding carboxylic acids is 1. The number of rotatable bonds is 40. The van der Waals surface area contributed by atoms with Crippen LogP contribution in [-0.2, 0) is 28.9 Å². The van der Waals surface area contributed by atoms with Crippen molar-refractivity contribution in [2.45, 2.75) is 230 Å². The van der Waals surface area contributed by atoms with Gasteiger partial charge in [0, 0.05) is 0 Å². The predicted octanol–water partition coefficient (Wildman–Crippen LogP) is 8.80. The van der Waals surface area contributed by atoms with Crippen LogP contribution < -0.4 is 5.32 Å². The summed E-state index contributed by atoms with van der Waals surface area (Å²) in [5.74, 6) is -0.727. The number of hydrogen-bond donors (Lipinski definition) is 7. The van der Waals surface area contributed by atoms with Crippen LogP contribution in [0.5, 0.6) is 0 Å². The molecule has 1 rings (SSSR count). The zero-order valence-corrected chi connectivity index (χ0v) is 39.5. The molecule has 366 valence electrons. The average molecular weight is 914 g/mol. The molecule has 1 fully saturated rings. The molecule has 1 heterocycles. The average Bonchev–Trinajstić information content (AvgIpc) is 3.25. The topological polar surface area (TPSA) is 212 Å². The van der Waals surface area contributed by atoms with Crippen molar-refractivity contribution in [3.05, 3.63) is 60.8 Å². The van der Waals surface area contributed by atoms with E-state index in [1.807, 2.05) is 0 Å². The lowest BCUT2D eigenvalue weighted by Gasteiger charge is -2.41. The Labute approximate surface area is 381 Å². The first-order chi connectivity index (χ1) is 30.4. The van der Waals surface area contributed by atoms with Gasteiger partial charge in [-0.1, -0.05) is 164 Å². The summed E-state index contributed by atoms with van der Waals surface area (Å²) in [4.78, 5) is 13.1. The fraction of sp³-hybridized carbons (Fsp3) is 0.776. The summed E-state index contributed by atoms with van der Waals surface area (Å²) < 4.78 is 47.5. The highest BCUT2D eigenvalue weighted by Crippen LogP contribution is 2.26. The fourth-order valence-corrected chi connectivity index (χ4v) is 7.74. The molecule has 13 nitrogen and oxygen atoms in total. The number of nitrogens with one attached hydrogen (secondary N) is 1. The van der Waals surface area contributed by atoms with E-state index in [-0.39, 0.29) is 6.42 Å². The molecule has 0 aromatic rings. The van der Waals surface area contributed by atoms with E-state index in [1.54, 1.807) is 6.08 Å². The third kappa shape index (κ3) is 31.3. The molecule has 0 aliphatic carbocycles. The SMILES string of the molecule is CCCCC/C=C\C/C=C\CCCCCCCCC(O)C(=O)NC(COC1OC(CO)C(O)C(OS(=O)(=O)O)C1O)C(O)/C=C/CC/C=C/CC/C=C/CCCCCCCCCC. The first-order valence-corrected chi connectivity index (χ1v) is 25.6. The van der Waals surface area contributed by atoms with E-state index in [1.165, 1.54) is 76.7 Å². The summed E-state index contributed by atoms with van der Waals surface area (Å²) in [6, 6.07) is -1.15. The Balaban J connectivity index is 2.62. The van der Waals surface area contributed by atoms with Crippen LogP contribution in [0.1, 0.15) is 181 Å². The van der Waals surface area contributed by atoms with Gasteiger partial charge in [0.05, 0.1) is 25.4 Å². The summed E-state index contributed by atoms with van der Waals surface area (Å²) in [5, 5.41) is 55.2. The third-order valence-corrected chi connectivity index (χ3v) is 11.6. The normalized spacial score (nSPS) is 21.4. The molecule has 1 saturated heterocycles. The Hall–Kier alpha value is -2.24. The molecule has 8 atom stereocenters. The van der Waals surface area contributed by atoms with Gasteiger partial charge in [0.15, 0.2) is 6.29 Å². The molecule has 0 radical (unpaired) electrons. The van der Waals surface area contributed by atoms with E-state index in [0.29, 0.717) is 12.8 Å². The lowest BCUT2D eigenvalue weighted by molar-refractivity contribution is -0.298. The van der Waals surface area contributed by atoms with Crippen LogP contribution in [0, 0.1) is 0 Å². The van der Waals surface area contributed by atoms with E-state index < -0.39 is 78.5 Å². The van der Waals surface area contributed by atoms with Crippen molar-refractivity contribution in [2.75, 3.05) is 13.2 Å². The van der Waals surface area contributed by atoms with Crippen LogP contribution in [0.15, 0.2) is 60.8 Å². The first-order valence-electron chi connectivity index (χ1n) is 24.3. The second-order valence-corrected chi connectivity index (χ2v) is 17.9. The molecular weight excluding hydrogens is 827 g/mol. The van der Waals surface area contributed by atoms with Gasteiger partial charge >= 0.3 is 10.4 Å². The van der Waals surface area contributed by atoms with E-state index in [9.17, 15) is 43.3 Å². The summed E-state index contributed by atoms with van der Waals surface area (Å²) in [7, 11) is -5.13. The highest BCUT2D eigenvalue weighted by atomic mass is 32.3. The number of aliphatic hydroxyl groups excluding tert-OH is 5. The maximum atomic E-state index is 13.1. The lowest BCUT2D eigenvalue weighted by atomic mass is 9.99. The van der Waals surface area contributed by atoms with Crippen molar-refractivity contribution >= 4 is 16.3 Å². The molecule has 8 unspecified atom stereocenters. The zero-order valence-electron chi connectivity index (χ0n) is 38.7. The molecule has 1 amide bonds. The van der Waals surface area contributed by atoms with E-state index in [4.69, 9.17) is 9.47 Å². The number of hydrogen-bond acceptors (Lipinski definition) is 11. The van der Waals surface area contributed by atoms with Crippen LogP contribution in [0.25, 0.3) is 0 Å². The van der Waals surface area contributed by atoms with Gasteiger partial charge in [-0.15, -0.1) is 0 Å². The number of unbranched alkanes of at least 4 members (excludes halogenated alkanes) is 19. The quantitative estimate of drug-likeness (QED) is 0.0175. The van der Waals surface area contributed by atoms with Crippen LogP contribution in [-0.4, -0.2) is 107 Å². The summed E-state index contributed by atoms with van der Waals surface area (Å²) in [6.45, 7) is 3.15. The minimum atomic E-state index is -5.13. The van der Waals surface area contributed by atoms with Crippen LogP contribution in [0.3, 0.4) is 0 Å². The minimum absolute atomic E-state index is 0.219. The molecule has 7 N–H and O–H groups in total. The van der Waals surface area contributed by atoms with Gasteiger partial charge in [-0.05, 0) is 77.0 Å². The molecule has 1 aliphatic rings. The molecule has 1 aliphatic heterocycles. The molecule has 63 heavy (non-hydrogen) atoms. The molecule has 0 aromatic carbocycles. The van der Waals surface area contributed by atoms with Crippen LogP contribution in [0.4, 0.5) is 0 Å². The van der Waals surface area contributed by atoms with Crippen molar-refractivity contribution in [3.8, 4) is 0 Å². The van der Waals surface area contributed by atoms with Gasteiger partial charge in [0.2, 0.25) is 5.91 Å². The number of carbonyl (C=O) groups is 1. The van der Waals surface area contributed by atoms with Gasteiger partial charge in [-0.25, -0.2) is 4.18 Å². The fourth-order valence-electron chi connectivity index (χ4n) is 7.23. The van der Waals surface area contributed by atoms with E-state index >= 15 is 0 Å². The monoisotopic (exact) mass is 914 g/mol. The molecule has 0 bridgehead atoms. The Morgan fingerprint density at radius 3 is 1.65 bits per heavy atom. The van der Waals surface area contributed by atoms with Crippen molar-refractivity contribution < 1.29 is 57.0 Å². The number of ether oxygens (including phenoxy) is 2. The van der Waals surface area contributed by atoms with Gasteiger partial charge in [-0.3, -0.25) is 9.35 Å². The third-order valence-electron chi connectivity index (χ3n) is 11.1. The van der Waals surface area contributed by atoms with Crippen LogP contribution in [0.2, 0.25) is 0 Å². The molecule has 0 aromatic heterocycles. The van der Waals surface area contributed by atoms with E-state index in [2.05, 4.69) is 72.0 Å². The Kier molecular flexibility index (Phi) is 36.4. The highest BCUT2D eigenvalue weighted by Gasteiger charge is 2.48. The minimum Gasteiger partial charge on any atom is -0.394 e. The number of allylic oxidation sites excluding steroid dienone is 9. The molecule has 14 heteroatoms. The highest BCUT2D eigenvalue weighted by molar-refractivity contribution is 7.80. The summed E-state index contributed by atoms with van der Waals surface area (Å²) >= 11 is 0. The second-order valence-electron chi connectivity index (χ2n) is 16.8. The lowest BCUT2D eigenvalue weighted by Crippen LogP contribution is -2.61. The van der Waals surface area contributed by atoms with Crippen molar-refractivity contribution in [1.82, 2.24) is 5.32 Å². The van der Waals surface area contributed by atoms with Gasteiger partial charge < -0.3 is 40.3 Å². The van der Waals surface area contributed by atoms with Crippen LogP contribution >= 0.6 is 0 Å². The standard InChI is InChI=1S/C49H87NO12S/c1-3-5-7-9-11-13-15-17-19-21-22-24-25-27-29-31-33-35-37-42(52)41(40-60-49-46(55)47(62-63(57,58)59)45(54)44(39-51)61-49)50-48(56)43(53)38-36-34-32-30-28-26-23-20-18-16-14-12-10-8-6-4-2/h12,14,18,20-22,27,29,35,37,41-47,49,51-55H,3-11,13,15-17,19,23-26,28,30-34,36,38-40H2,1-2H3,(H,50,56)(H,57,58,59)/b14-12-,20-18-,22-21+,29-27+,37-35+. The van der Waals surface area contributed by atoms with Crippen molar-refractivity contribution in [1.29, 1.82) is 0 Å². The number of amides is 1. The van der Waals surface area contributed by atoms with Gasteiger partial charge in [0.1, 0.15) is 30.5 Å². The van der Waals surface area contributed by atoms with Gasteiger partial charge in [-0.2, -0.15) is 8.42 Å². The Morgan fingerprint density at radius 1 is 0.651 bits per heavy atom. The first kappa shape index (κ1) is 58.8. The maximum absolute atomic E-state index is 13.1.